The summed E-state index contributed by atoms with van der Waals surface area (Å²) in [5.74, 6) is 0.247. The monoisotopic (exact) mass is 294 g/mol. The molecular formula is C20H22O2. The van der Waals surface area contributed by atoms with Crippen LogP contribution in [0.2, 0.25) is 0 Å². The van der Waals surface area contributed by atoms with Gasteiger partial charge in [0.2, 0.25) is 0 Å². The number of carbonyl (C=O) groups excluding carboxylic acids is 1. The Bertz CT molecular complexity index is 629. The number of esters is 1. The molecule has 2 aromatic rings. The molecule has 0 saturated carbocycles. The number of benzene rings is 2. The molecule has 0 saturated heterocycles. The van der Waals surface area contributed by atoms with Gasteiger partial charge in [-0.25, -0.2) is 4.79 Å². The lowest BCUT2D eigenvalue weighted by molar-refractivity contribution is 0.0734. The van der Waals surface area contributed by atoms with Crippen molar-refractivity contribution in [2.45, 2.75) is 32.6 Å². The minimum absolute atomic E-state index is 0.315. The van der Waals surface area contributed by atoms with Gasteiger partial charge in [-0.1, -0.05) is 61.9 Å². The first-order valence-electron chi connectivity index (χ1n) is 7.72. The summed E-state index contributed by atoms with van der Waals surface area (Å²) in [6.07, 6.45) is 4.00. The zero-order chi connectivity index (χ0) is 15.8. The third kappa shape index (κ3) is 4.59. The highest BCUT2D eigenvalue weighted by molar-refractivity contribution is 5.92. The van der Waals surface area contributed by atoms with Gasteiger partial charge in [-0.3, -0.25) is 0 Å². The van der Waals surface area contributed by atoms with Gasteiger partial charge in [0.1, 0.15) is 5.75 Å². The van der Waals surface area contributed by atoms with Gasteiger partial charge in [-0.05, 0) is 43.0 Å². The lowest BCUT2D eigenvalue weighted by Gasteiger charge is -2.11. The van der Waals surface area contributed by atoms with E-state index in [1.54, 1.807) is 12.1 Å². The average Bonchev–Trinajstić information content (AvgIpc) is 2.54. The zero-order valence-corrected chi connectivity index (χ0v) is 13.0. The lowest BCUT2D eigenvalue weighted by atomic mass is 9.98. The van der Waals surface area contributed by atoms with Gasteiger partial charge in [-0.15, -0.1) is 0 Å². The average molecular weight is 294 g/mol. The normalized spacial score (nSPS) is 10.2. The molecule has 0 atom stereocenters. The van der Waals surface area contributed by atoms with Crippen LogP contribution in [0.3, 0.4) is 0 Å². The second-order valence-corrected chi connectivity index (χ2v) is 5.39. The van der Waals surface area contributed by atoms with Crippen LogP contribution >= 0.6 is 0 Å². The van der Waals surface area contributed by atoms with Gasteiger partial charge in [0.25, 0.3) is 0 Å². The SMILES string of the molecule is C=C(CCCC)Cc1ccccc1C(=O)Oc1ccccc1. The summed E-state index contributed by atoms with van der Waals surface area (Å²) in [5, 5.41) is 0. The van der Waals surface area contributed by atoms with Crippen LogP contribution in [0.25, 0.3) is 0 Å². The second kappa shape index (κ2) is 8.18. The number of rotatable bonds is 7. The molecule has 0 fully saturated rings. The highest BCUT2D eigenvalue weighted by Crippen LogP contribution is 2.19. The van der Waals surface area contributed by atoms with Crippen molar-refractivity contribution in [2.24, 2.45) is 0 Å². The highest BCUT2D eigenvalue weighted by Gasteiger charge is 2.13. The van der Waals surface area contributed by atoms with E-state index >= 15 is 0 Å². The van der Waals surface area contributed by atoms with Crippen LogP contribution in [0.1, 0.15) is 42.1 Å². The van der Waals surface area contributed by atoms with Crippen molar-refractivity contribution in [3.63, 3.8) is 0 Å². The largest absolute Gasteiger partial charge is 0.423 e. The van der Waals surface area contributed by atoms with E-state index < -0.39 is 0 Å². The Balaban J connectivity index is 2.10. The summed E-state index contributed by atoms with van der Waals surface area (Å²) in [4.78, 5) is 12.4. The Hall–Kier alpha value is -2.35. The number of para-hydroxylation sites is 1. The van der Waals surface area contributed by atoms with Gasteiger partial charge in [0.05, 0.1) is 5.56 Å². The van der Waals surface area contributed by atoms with Crippen LogP contribution in [0.4, 0.5) is 0 Å². The summed E-state index contributed by atoms with van der Waals surface area (Å²) in [6, 6.07) is 16.7. The van der Waals surface area contributed by atoms with Crippen molar-refractivity contribution >= 4 is 5.97 Å². The number of allylic oxidation sites excluding steroid dienone is 1. The zero-order valence-electron chi connectivity index (χ0n) is 13.0. The second-order valence-electron chi connectivity index (χ2n) is 5.39. The quantitative estimate of drug-likeness (QED) is 0.399. The van der Waals surface area contributed by atoms with Crippen molar-refractivity contribution < 1.29 is 9.53 Å². The first-order valence-corrected chi connectivity index (χ1v) is 7.72. The molecule has 0 bridgehead atoms. The Morgan fingerprint density at radius 1 is 1.05 bits per heavy atom. The first-order chi connectivity index (χ1) is 10.7. The molecule has 22 heavy (non-hydrogen) atoms. The first kappa shape index (κ1) is 16.0. The molecule has 114 valence electrons. The Morgan fingerprint density at radius 2 is 1.73 bits per heavy atom. The minimum Gasteiger partial charge on any atom is -0.423 e. The van der Waals surface area contributed by atoms with E-state index in [0.29, 0.717) is 11.3 Å². The molecule has 0 spiro atoms. The van der Waals surface area contributed by atoms with E-state index in [1.807, 2.05) is 42.5 Å². The summed E-state index contributed by atoms with van der Waals surface area (Å²) >= 11 is 0. The summed E-state index contributed by atoms with van der Waals surface area (Å²) in [5.41, 5.74) is 2.75. The lowest BCUT2D eigenvalue weighted by Crippen LogP contribution is -2.11. The van der Waals surface area contributed by atoms with E-state index in [-0.39, 0.29) is 5.97 Å². The summed E-state index contributed by atoms with van der Waals surface area (Å²) in [7, 11) is 0. The topological polar surface area (TPSA) is 26.3 Å². The predicted octanol–water partition coefficient (Wildman–Crippen LogP) is 5.19. The van der Waals surface area contributed by atoms with Crippen LogP contribution in [0, 0.1) is 0 Å². The maximum Gasteiger partial charge on any atom is 0.343 e. The Labute approximate surface area is 132 Å². The number of carbonyl (C=O) groups is 1. The predicted molar refractivity (Wildman–Crippen MR) is 90.2 cm³/mol. The molecule has 0 amide bonds. The number of ether oxygens (including phenoxy) is 1. The van der Waals surface area contributed by atoms with Crippen LogP contribution in [-0.4, -0.2) is 5.97 Å². The maximum absolute atomic E-state index is 12.4. The van der Waals surface area contributed by atoms with Gasteiger partial charge >= 0.3 is 5.97 Å². The molecule has 2 nitrogen and oxygen atoms in total. The summed E-state index contributed by atoms with van der Waals surface area (Å²) < 4.78 is 5.44. The third-order valence-corrected chi connectivity index (χ3v) is 3.52. The fourth-order valence-corrected chi connectivity index (χ4v) is 2.31. The molecule has 0 unspecified atom stereocenters. The van der Waals surface area contributed by atoms with Crippen LogP contribution in [0.5, 0.6) is 5.75 Å². The van der Waals surface area contributed by atoms with Crippen molar-refractivity contribution in [3.8, 4) is 5.75 Å². The minimum atomic E-state index is -0.315. The summed E-state index contributed by atoms with van der Waals surface area (Å²) in [6.45, 7) is 6.28. The molecule has 0 aliphatic carbocycles. The highest BCUT2D eigenvalue weighted by atomic mass is 16.5. The number of unbranched alkanes of at least 4 members (excludes halogenated alkanes) is 1. The van der Waals surface area contributed by atoms with Gasteiger partial charge in [-0.2, -0.15) is 0 Å². The maximum atomic E-state index is 12.4. The van der Waals surface area contributed by atoms with Gasteiger partial charge < -0.3 is 4.74 Å². The fraction of sp³-hybridized carbons (Fsp3) is 0.250. The standard InChI is InChI=1S/C20H22O2/c1-3-4-10-16(2)15-17-11-8-9-14-19(17)20(21)22-18-12-6-5-7-13-18/h5-9,11-14H,2-4,10,15H2,1H3. The van der Waals surface area contributed by atoms with Crippen molar-refractivity contribution in [1.29, 1.82) is 0 Å². The molecule has 0 aliphatic rings. The molecule has 2 rings (SSSR count). The van der Waals surface area contributed by atoms with Crippen LogP contribution < -0.4 is 4.74 Å². The molecule has 0 aliphatic heterocycles. The van der Waals surface area contributed by atoms with E-state index in [0.717, 1.165) is 36.8 Å². The smallest absolute Gasteiger partial charge is 0.343 e. The molecule has 0 heterocycles. The number of hydrogen-bond donors (Lipinski definition) is 0. The molecular weight excluding hydrogens is 272 g/mol. The van der Waals surface area contributed by atoms with E-state index in [9.17, 15) is 4.79 Å². The van der Waals surface area contributed by atoms with Crippen LogP contribution in [0.15, 0.2) is 66.7 Å². The number of hydrogen-bond acceptors (Lipinski definition) is 2. The molecule has 0 radical (unpaired) electrons. The Morgan fingerprint density at radius 3 is 2.45 bits per heavy atom. The Kier molecular flexibility index (Phi) is 5.96. The van der Waals surface area contributed by atoms with Gasteiger partial charge in [0.15, 0.2) is 0 Å². The van der Waals surface area contributed by atoms with Crippen molar-refractivity contribution in [1.82, 2.24) is 0 Å². The van der Waals surface area contributed by atoms with E-state index in [4.69, 9.17) is 4.74 Å². The van der Waals surface area contributed by atoms with E-state index in [2.05, 4.69) is 13.5 Å². The van der Waals surface area contributed by atoms with E-state index in [1.165, 1.54) is 0 Å². The molecule has 2 heteroatoms. The molecule has 0 aromatic heterocycles. The van der Waals surface area contributed by atoms with Crippen molar-refractivity contribution in [2.75, 3.05) is 0 Å². The van der Waals surface area contributed by atoms with Crippen LogP contribution in [-0.2, 0) is 6.42 Å². The van der Waals surface area contributed by atoms with Crippen molar-refractivity contribution in [3.05, 3.63) is 77.9 Å². The molecule has 0 N–H and O–H groups in total. The molecule has 2 aromatic carbocycles. The fourth-order valence-electron chi connectivity index (χ4n) is 2.31. The third-order valence-electron chi connectivity index (χ3n) is 3.52. The van der Waals surface area contributed by atoms with Gasteiger partial charge in [0, 0.05) is 0 Å².